The van der Waals surface area contributed by atoms with Crippen LogP contribution in [0.4, 0.5) is 0 Å². The van der Waals surface area contributed by atoms with Crippen LogP contribution in [0.15, 0.2) is 48.6 Å². The van der Waals surface area contributed by atoms with Crippen LogP contribution in [0, 0.1) is 0 Å². The van der Waals surface area contributed by atoms with Crippen molar-refractivity contribution in [2.24, 2.45) is 0 Å². The number of unbranched alkanes of at least 4 members (excludes halogenated alkanes) is 2. The molecule has 0 aliphatic rings. The number of rotatable bonds is 14. The highest BCUT2D eigenvalue weighted by Gasteiger charge is 2.11. The number of aliphatic carboxylic acids is 1. The van der Waals surface area contributed by atoms with E-state index >= 15 is 0 Å². The molecule has 5 nitrogen and oxygen atoms in total. The Morgan fingerprint density at radius 3 is 2.08 bits per heavy atom. The molecule has 25 heavy (non-hydrogen) atoms. The molecule has 0 radical (unpaired) electrons. The average molecular weight is 351 g/mol. The summed E-state index contributed by atoms with van der Waals surface area (Å²) < 4.78 is 0. The van der Waals surface area contributed by atoms with Crippen LogP contribution < -0.4 is 5.11 Å². The maximum Gasteiger partial charge on any atom is 0.0982 e. The van der Waals surface area contributed by atoms with Gasteiger partial charge in [0.05, 0.1) is 18.3 Å². The van der Waals surface area contributed by atoms with Gasteiger partial charge in [-0.25, -0.2) is 0 Å². The van der Waals surface area contributed by atoms with E-state index in [1.165, 1.54) is 0 Å². The number of aliphatic hydroxyl groups excluding tert-OH is 3. The first-order valence-corrected chi connectivity index (χ1v) is 8.89. The number of hydrogen-bond acceptors (Lipinski definition) is 5. The molecule has 5 heteroatoms. The van der Waals surface area contributed by atoms with Crippen LogP contribution >= 0.6 is 0 Å². The highest BCUT2D eigenvalue weighted by Crippen LogP contribution is 2.07. The fourth-order valence-corrected chi connectivity index (χ4v) is 2.08. The van der Waals surface area contributed by atoms with Gasteiger partial charge >= 0.3 is 0 Å². The maximum atomic E-state index is 10.2. The molecule has 0 bridgehead atoms. The normalized spacial score (nSPS) is 16.3. The van der Waals surface area contributed by atoms with Crippen molar-refractivity contribution in [2.45, 2.75) is 70.2 Å². The van der Waals surface area contributed by atoms with E-state index in [-0.39, 0.29) is 6.42 Å². The quantitative estimate of drug-likeness (QED) is 0.327. The van der Waals surface area contributed by atoms with E-state index in [2.05, 4.69) is 6.92 Å². The molecule has 0 rings (SSSR count). The molecule has 142 valence electrons. The minimum atomic E-state index is -1.10. The van der Waals surface area contributed by atoms with Crippen molar-refractivity contribution in [3.63, 3.8) is 0 Å². The summed E-state index contributed by atoms with van der Waals surface area (Å²) in [6, 6.07) is 0. The van der Waals surface area contributed by atoms with Crippen LogP contribution in [0.2, 0.25) is 0 Å². The molecule has 0 aromatic rings. The lowest BCUT2D eigenvalue weighted by Crippen LogP contribution is -2.23. The van der Waals surface area contributed by atoms with Crippen LogP contribution in [0.25, 0.3) is 0 Å². The summed E-state index contributed by atoms with van der Waals surface area (Å²) in [5.74, 6) is -1.10. The molecule has 0 saturated heterocycles. The molecule has 0 aliphatic carbocycles. The first kappa shape index (κ1) is 23.3. The first-order valence-electron chi connectivity index (χ1n) is 8.89. The zero-order chi connectivity index (χ0) is 18.9. The summed E-state index contributed by atoms with van der Waals surface area (Å²) in [6.07, 6.45) is 15.6. The lowest BCUT2D eigenvalue weighted by Gasteiger charge is -2.13. The lowest BCUT2D eigenvalue weighted by molar-refractivity contribution is -0.305. The van der Waals surface area contributed by atoms with Crippen LogP contribution in [0.5, 0.6) is 0 Å². The number of hydrogen-bond donors (Lipinski definition) is 3. The third-order valence-corrected chi connectivity index (χ3v) is 3.58. The van der Waals surface area contributed by atoms with E-state index in [9.17, 15) is 25.2 Å². The summed E-state index contributed by atoms with van der Waals surface area (Å²) in [5.41, 5.74) is 0. The number of carbonyl (C=O) groups excluding carboxylic acids is 1. The maximum absolute atomic E-state index is 10.2. The van der Waals surface area contributed by atoms with Crippen LogP contribution in [0.3, 0.4) is 0 Å². The third-order valence-electron chi connectivity index (χ3n) is 3.58. The molecule has 0 spiro atoms. The molecule has 3 N–H and O–H groups in total. The first-order chi connectivity index (χ1) is 12.0. The van der Waals surface area contributed by atoms with E-state index < -0.39 is 24.3 Å². The fraction of sp³-hybridized carbons (Fsp3) is 0.550. The molecule has 0 aliphatic heterocycles. The zero-order valence-corrected chi connectivity index (χ0v) is 15.0. The van der Waals surface area contributed by atoms with Crippen molar-refractivity contribution in [3.05, 3.63) is 48.6 Å². The van der Waals surface area contributed by atoms with Gasteiger partial charge in [0.25, 0.3) is 0 Å². The van der Waals surface area contributed by atoms with E-state index in [1.54, 1.807) is 48.6 Å². The molecular formula is C20H31O5-. The monoisotopic (exact) mass is 351 g/mol. The summed E-state index contributed by atoms with van der Waals surface area (Å²) in [6.45, 7) is 2.09. The predicted octanol–water partition coefficient (Wildman–Crippen LogP) is 1.79. The van der Waals surface area contributed by atoms with E-state index in [0.717, 1.165) is 19.3 Å². The van der Waals surface area contributed by atoms with Crippen LogP contribution in [-0.4, -0.2) is 39.6 Å². The Bertz CT molecular complexity index is 451. The van der Waals surface area contributed by atoms with Crippen molar-refractivity contribution in [1.29, 1.82) is 0 Å². The Labute approximate surface area is 150 Å². The van der Waals surface area contributed by atoms with Crippen molar-refractivity contribution >= 4 is 5.97 Å². The zero-order valence-electron chi connectivity index (χ0n) is 15.0. The van der Waals surface area contributed by atoms with Gasteiger partial charge in [-0.2, -0.15) is 0 Å². The van der Waals surface area contributed by atoms with E-state index in [1.807, 2.05) is 0 Å². The Balaban J connectivity index is 3.96. The molecule has 0 fully saturated rings. The molecule has 0 aromatic heterocycles. The van der Waals surface area contributed by atoms with Crippen molar-refractivity contribution in [3.8, 4) is 0 Å². The van der Waals surface area contributed by atoms with Gasteiger partial charge in [0.2, 0.25) is 0 Å². The number of carboxylic acids is 1. The summed E-state index contributed by atoms with van der Waals surface area (Å²) >= 11 is 0. The SMILES string of the molecule is CCCCC[C@H](O)[C@H](O)/C=C/C=C/C=C\C=C\[C@@H](O)CCCC(=O)[O-]. The van der Waals surface area contributed by atoms with Gasteiger partial charge in [-0.05, 0) is 25.7 Å². The molecule has 0 unspecified atom stereocenters. The Morgan fingerprint density at radius 1 is 0.880 bits per heavy atom. The van der Waals surface area contributed by atoms with Crippen LogP contribution in [-0.2, 0) is 4.79 Å². The van der Waals surface area contributed by atoms with Gasteiger partial charge in [-0.3, -0.25) is 0 Å². The van der Waals surface area contributed by atoms with Crippen molar-refractivity contribution in [2.75, 3.05) is 0 Å². The highest BCUT2D eigenvalue weighted by molar-refractivity contribution is 5.64. The van der Waals surface area contributed by atoms with Gasteiger partial charge < -0.3 is 25.2 Å². The molecular weight excluding hydrogens is 320 g/mol. The third kappa shape index (κ3) is 15.6. The fourth-order valence-electron chi connectivity index (χ4n) is 2.08. The second kappa shape index (κ2) is 15.8. The van der Waals surface area contributed by atoms with Crippen molar-refractivity contribution in [1.82, 2.24) is 0 Å². The topological polar surface area (TPSA) is 101 Å². The number of carbonyl (C=O) groups is 1. The van der Waals surface area contributed by atoms with Gasteiger partial charge in [-0.15, -0.1) is 0 Å². The minimum absolute atomic E-state index is 0.0467. The van der Waals surface area contributed by atoms with E-state index in [4.69, 9.17) is 0 Å². The molecule has 0 heterocycles. The van der Waals surface area contributed by atoms with Crippen LogP contribution in [0.1, 0.15) is 51.9 Å². The summed E-state index contributed by atoms with van der Waals surface area (Å²) in [5, 5.41) is 39.3. The van der Waals surface area contributed by atoms with Gasteiger partial charge in [0.15, 0.2) is 0 Å². The second-order valence-corrected chi connectivity index (χ2v) is 5.92. The highest BCUT2D eigenvalue weighted by atomic mass is 16.4. The summed E-state index contributed by atoms with van der Waals surface area (Å²) in [7, 11) is 0. The predicted molar refractivity (Wildman–Crippen MR) is 97.6 cm³/mol. The second-order valence-electron chi connectivity index (χ2n) is 5.92. The lowest BCUT2D eigenvalue weighted by atomic mass is 10.1. The molecule has 0 saturated carbocycles. The molecule has 0 amide bonds. The van der Waals surface area contributed by atoms with Gasteiger partial charge in [-0.1, -0.05) is 74.8 Å². The minimum Gasteiger partial charge on any atom is -0.550 e. The summed E-state index contributed by atoms with van der Waals surface area (Å²) in [4.78, 5) is 10.2. The number of allylic oxidation sites excluding steroid dienone is 6. The molecule has 3 atom stereocenters. The Morgan fingerprint density at radius 2 is 1.48 bits per heavy atom. The Kier molecular flexibility index (Phi) is 14.7. The van der Waals surface area contributed by atoms with Gasteiger partial charge in [0.1, 0.15) is 0 Å². The molecule has 0 aromatic carbocycles. The number of aliphatic hydroxyl groups is 3. The van der Waals surface area contributed by atoms with Gasteiger partial charge in [0, 0.05) is 5.97 Å². The number of carboxylic acid groups (broad SMARTS) is 1. The van der Waals surface area contributed by atoms with E-state index in [0.29, 0.717) is 19.3 Å². The Hall–Kier alpha value is -1.69. The smallest absolute Gasteiger partial charge is 0.0982 e. The van der Waals surface area contributed by atoms with Crippen molar-refractivity contribution < 1.29 is 25.2 Å². The standard InChI is InChI=1S/C20H32O5/c1-2-3-8-14-18(22)19(23)15-10-7-5-4-6-9-12-17(21)13-11-16-20(24)25/h4-7,9-10,12,15,17-19,21-23H,2-3,8,11,13-14,16H2,1H3,(H,24,25)/p-1/b6-4-,7-5+,12-9+,15-10+/t17-,18+,19-/m1/s1. The average Bonchev–Trinajstić information content (AvgIpc) is 2.56. The largest absolute Gasteiger partial charge is 0.550 e.